The Labute approximate surface area is 79.6 Å². The molecule has 0 aromatic carbocycles. The van der Waals surface area contributed by atoms with E-state index in [9.17, 15) is 4.79 Å². The molecule has 3 N–H and O–H groups in total. The minimum Gasteiger partial charge on any atom is -0.350 e. The molecule has 76 valence electrons. The SMILES string of the molecule is CCC(C)C(C)/C(C)=N\NC(N)=O. The fraction of sp³-hybridized carbons (Fsp3) is 0.778. The molecule has 0 rings (SSSR count). The molecule has 0 heterocycles. The normalized spacial score (nSPS) is 16.5. The lowest BCUT2D eigenvalue weighted by atomic mass is 9.90. The van der Waals surface area contributed by atoms with Crippen LogP contribution in [0.3, 0.4) is 0 Å². The minimum atomic E-state index is -0.615. The lowest BCUT2D eigenvalue weighted by Gasteiger charge is -2.17. The molecule has 0 aromatic heterocycles. The van der Waals surface area contributed by atoms with Gasteiger partial charge in [0.25, 0.3) is 0 Å². The number of urea groups is 1. The first-order chi connectivity index (χ1) is 5.99. The Hall–Kier alpha value is -1.06. The van der Waals surface area contributed by atoms with E-state index in [1.165, 1.54) is 0 Å². The summed E-state index contributed by atoms with van der Waals surface area (Å²) in [4.78, 5) is 10.4. The average molecular weight is 185 g/mol. The summed E-state index contributed by atoms with van der Waals surface area (Å²) in [6.45, 7) is 8.28. The largest absolute Gasteiger partial charge is 0.350 e. The van der Waals surface area contributed by atoms with Gasteiger partial charge in [0.05, 0.1) is 0 Å². The first-order valence-corrected chi connectivity index (χ1v) is 4.58. The monoisotopic (exact) mass is 185 g/mol. The summed E-state index contributed by atoms with van der Waals surface area (Å²) < 4.78 is 0. The van der Waals surface area contributed by atoms with Gasteiger partial charge in [-0.3, -0.25) is 0 Å². The van der Waals surface area contributed by atoms with Gasteiger partial charge in [-0.15, -0.1) is 0 Å². The zero-order chi connectivity index (χ0) is 10.4. The molecule has 0 fully saturated rings. The molecule has 2 amide bonds. The van der Waals surface area contributed by atoms with Crippen LogP contribution >= 0.6 is 0 Å². The van der Waals surface area contributed by atoms with Crippen LogP contribution in [-0.2, 0) is 0 Å². The summed E-state index contributed by atoms with van der Waals surface area (Å²) >= 11 is 0. The van der Waals surface area contributed by atoms with Crippen molar-refractivity contribution >= 4 is 11.7 Å². The number of nitrogens with zero attached hydrogens (tertiary/aromatic N) is 1. The van der Waals surface area contributed by atoms with Gasteiger partial charge >= 0.3 is 6.03 Å². The number of amides is 2. The fourth-order valence-corrected chi connectivity index (χ4v) is 1.01. The third-order valence-corrected chi connectivity index (χ3v) is 2.50. The second kappa shape index (κ2) is 5.56. The molecule has 0 aliphatic rings. The van der Waals surface area contributed by atoms with E-state index in [1.54, 1.807) is 0 Å². The molecule has 4 heteroatoms. The van der Waals surface area contributed by atoms with E-state index in [2.05, 4.69) is 31.3 Å². The second-order valence-corrected chi connectivity index (χ2v) is 3.40. The van der Waals surface area contributed by atoms with Crippen LogP contribution in [-0.4, -0.2) is 11.7 Å². The predicted octanol–water partition coefficient (Wildman–Crippen LogP) is 1.71. The third-order valence-electron chi connectivity index (χ3n) is 2.50. The lowest BCUT2D eigenvalue weighted by molar-refractivity contribution is 0.249. The molecule has 0 saturated carbocycles. The smallest absolute Gasteiger partial charge is 0.332 e. The fourth-order valence-electron chi connectivity index (χ4n) is 1.01. The Morgan fingerprint density at radius 1 is 1.54 bits per heavy atom. The number of nitrogens with two attached hydrogens (primary N) is 1. The highest BCUT2D eigenvalue weighted by atomic mass is 16.2. The maximum absolute atomic E-state index is 10.4. The van der Waals surface area contributed by atoms with Crippen molar-refractivity contribution in [2.75, 3.05) is 0 Å². The van der Waals surface area contributed by atoms with Crippen LogP contribution in [0.15, 0.2) is 5.10 Å². The number of primary amides is 1. The van der Waals surface area contributed by atoms with Crippen molar-refractivity contribution < 1.29 is 4.79 Å². The summed E-state index contributed by atoms with van der Waals surface area (Å²) in [5.41, 5.74) is 8.03. The number of rotatable bonds is 4. The van der Waals surface area contributed by atoms with Crippen molar-refractivity contribution in [2.45, 2.75) is 34.1 Å². The highest BCUT2D eigenvalue weighted by molar-refractivity contribution is 5.85. The van der Waals surface area contributed by atoms with Gasteiger partial charge in [0.15, 0.2) is 0 Å². The van der Waals surface area contributed by atoms with Crippen molar-refractivity contribution in [3.63, 3.8) is 0 Å². The molecule has 0 aliphatic carbocycles. The molecular weight excluding hydrogens is 166 g/mol. The first kappa shape index (κ1) is 11.9. The number of hydrogen-bond acceptors (Lipinski definition) is 2. The minimum absolute atomic E-state index is 0.372. The van der Waals surface area contributed by atoms with Crippen LogP contribution in [0, 0.1) is 11.8 Å². The van der Waals surface area contributed by atoms with Crippen molar-refractivity contribution in [1.82, 2.24) is 5.43 Å². The summed E-state index contributed by atoms with van der Waals surface area (Å²) in [6, 6.07) is -0.615. The zero-order valence-corrected chi connectivity index (χ0v) is 8.79. The Morgan fingerprint density at radius 2 is 2.08 bits per heavy atom. The topological polar surface area (TPSA) is 67.5 Å². The second-order valence-electron chi connectivity index (χ2n) is 3.40. The molecule has 0 radical (unpaired) electrons. The molecule has 2 atom stereocenters. The molecular formula is C9H19N3O. The van der Waals surface area contributed by atoms with Crippen molar-refractivity contribution in [1.29, 1.82) is 0 Å². The summed E-state index contributed by atoms with van der Waals surface area (Å²) in [5.74, 6) is 0.940. The highest BCUT2D eigenvalue weighted by Gasteiger charge is 2.13. The quantitative estimate of drug-likeness (QED) is 0.508. The maximum atomic E-state index is 10.4. The van der Waals surface area contributed by atoms with Crippen LogP contribution < -0.4 is 11.2 Å². The average Bonchev–Trinajstić information content (AvgIpc) is 2.11. The molecule has 0 spiro atoms. The molecule has 0 saturated heterocycles. The summed E-state index contributed by atoms with van der Waals surface area (Å²) in [7, 11) is 0. The van der Waals surface area contributed by atoms with Crippen molar-refractivity contribution in [2.24, 2.45) is 22.7 Å². The van der Waals surface area contributed by atoms with Crippen LogP contribution in [0.5, 0.6) is 0 Å². The van der Waals surface area contributed by atoms with Crippen molar-refractivity contribution in [3.8, 4) is 0 Å². The molecule has 0 aliphatic heterocycles. The highest BCUT2D eigenvalue weighted by Crippen LogP contribution is 2.15. The van der Waals surface area contributed by atoms with E-state index in [1.807, 2.05) is 6.92 Å². The van der Waals surface area contributed by atoms with Crippen LogP contribution in [0.1, 0.15) is 34.1 Å². The van der Waals surface area contributed by atoms with Gasteiger partial charge in [0.2, 0.25) is 0 Å². The predicted molar refractivity (Wildman–Crippen MR) is 54.4 cm³/mol. The van der Waals surface area contributed by atoms with E-state index < -0.39 is 6.03 Å². The number of carbonyl (C=O) groups excluding carboxylic acids is 1. The number of hydrogen-bond donors (Lipinski definition) is 2. The Morgan fingerprint density at radius 3 is 2.46 bits per heavy atom. The maximum Gasteiger partial charge on any atom is 0.332 e. The Kier molecular flexibility index (Phi) is 5.11. The van der Waals surface area contributed by atoms with Crippen LogP contribution in [0.4, 0.5) is 4.79 Å². The van der Waals surface area contributed by atoms with Gasteiger partial charge in [0, 0.05) is 5.71 Å². The van der Waals surface area contributed by atoms with Gasteiger partial charge < -0.3 is 5.73 Å². The van der Waals surface area contributed by atoms with Gasteiger partial charge in [-0.2, -0.15) is 5.10 Å². The number of nitrogens with one attached hydrogen (secondary N) is 1. The van der Waals surface area contributed by atoms with E-state index in [0.717, 1.165) is 12.1 Å². The van der Waals surface area contributed by atoms with Gasteiger partial charge in [-0.25, -0.2) is 10.2 Å². The van der Waals surface area contributed by atoms with E-state index in [4.69, 9.17) is 5.73 Å². The van der Waals surface area contributed by atoms with E-state index >= 15 is 0 Å². The molecule has 4 nitrogen and oxygen atoms in total. The van der Waals surface area contributed by atoms with E-state index in [-0.39, 0.29) is 0 Å². The first-order valence-electron chi connectivity index (χ1n) is 4.58. The number of hydrazone groups is 1. The Balaban J connectivity index is 4.15. The number of carbonyl (C=O) groups is 1. The molecule has 2 unspecified atom stereocenters. The zero-order valence-electron chi connectivity index (χ0n) is 8.79. The standard InChI is InChI=1S/C9H19N3O/c1-5-6(2)7(3)8(4)11-12-9(10)13/h6-7H,5H2,1-4H3,(H3,10,12,13)/b11-8-. The Bertz CT molecular complexity index is 201. The molecule has 13 heavy (non-hydrogen) atoms. The molecule has 0 bridgehead atoms. The van der Waals surface area contributed by atoms with Crippen molar-refractivity contribution in [3.05, 3.63) is 0 Å². The lowest BCUT2D eigenvalue weighted by Crippen LogP contribution is -2.27. The van der Waals surface area contributed by atoms with E-state index in [0.29, 0.717) is 11.8 Å². The third kappa shape index (κ3) is 4.50. The summed E-state index contributed by atoms with van der Waals surface area (Å²) in [6.07, 6.45) is 1.10. The van der Waals surface area contributed by atoms with Crippen LogP contribution in [0.2, 0.25) is 0 Å². The van der Waals surface area contributed by atoms with Gasteiger partial charge in [-0.1, -0.05) is 27.2 Å². The van der Waals surface area contributed by atoms with Gasteiger partial charge in [0.1, 0.15) is 0 Å². The summed E-state index contributed by atoms with van der Waals surface area (Å²) in [5, 5.41) is 3.88. The molecule has 0 aromatic rings. The van der Waals surface area contributed by atoms with Gasteiger partial charge in [-0.05, 0) is 18.8 Å². The van der Waals surface area contributed by atoms with Crippen LogP contribution in [0.25, 0.3) is 0 Å².